The summed E-state index contributed by atoms with van der Waals surface area (Å²) in [5.41, 5.74) is 2.81. The van der Waals surface area contributed by atoms with Gasteiger partial charge in [0.05, 0.1) is 22.9 Å². The fourth-order valence-electron chi connectivity index (χ4n) is 2.62. The lowest BCUT2D eigenvalue weighted by Gasteiger charge is -2.34. The van der Waals surface area contributed by atoms with Crippen LogP contribution in [0, 0.1) is 11.3 Å². The molecule has 1 aliphatic rings. The Balaban J connectivity index is 2.05. The third-order valence-corrected chi connectivity index (χ3v) is 3.86. The standard InChI is InChI=1S/C15H15N3/c1-18-14(15(11-16)8-5-9-15)10-13(17-18)12-6-3-2-4-7-12/h2-4,6-7,10H,5,8-9H2,1H3. The number of nitriles is 1. The summed E-state index contributed by atoms with van der Waals surface area (Å²) in [5.74, 6) is 0. The second-order valence-electron chi connectivity index (χ2n) is 4.95. The van der Waals surface area contributed by atoms with E-state index in [2.05, 4.69) is 17.2 Å². The number of hydrogen-bond donors (Lipinski definition) is 0. The van der Waals surface area contributed by atoms with Gasteiger partial charge in [-0.1, -0.05) is 30.3 Å². The van der Waals surface area contributed by atoms with E-state index in [0.717, 1.165) is 36.2 Å². The zero-order valence-electron chi connectivity index (χ0n) is 10.4. The van der Waals surface area contributed by atoms with Gasteiger partial charge in [0.15, 0.2) is 0 Å². The topological polar surface area (TPSA) is 41.6 Å². The average molecular weight is 237 g/mol. The maximum atomic E-state index is 9.40. The Labute approximate surface area is 107 Å². The maximum absolute atomic E-state index is 9.40. The predicted octanol–water partition coefficient (Wildman–Crippen LogP) is 3.03. The van der Waals surface area contributed by atoms with Crippen LogP contribution in [0.1, 0.15) is 25.0 Å². The first-order chi connectivity index (χ1) is 8.75. The SMILES string of the molecule is Cn1nc(-c2ccccc2)cc1C1(C#N)CCC1. The third-order valence-electron chi connectivity index (χ3n) is 3.86. The summed E-state index contributed by atoms with van der Waals surface area (Å²) in [6, 6.07) is 14.6. The molecule has 1 saturated carbocycles. The highest BCUT2D eigenvalue weighted by Crippen LogP contribution is 2.43. The van der Waals surface area contributed by atoms with Crippen molar-refractivity contribution < 1.29 is 0 Å². The summed E-state index contributed by atoms with van der Waals surface area (Å²) in [6.45, 7) is 0. The van der Waals surface area contributed by atoms with Gasteiger partial charge in [0.25, 0.3) is 0 Å². The molecule has 3 rings (SSSR count). The molecule has 0 aliphatic heterocycles. The van der Waals surface area contributed by atoms with Gasteiger partial charge in [-0.15, -0.1) is 0 Å². The van der Waals surface area contributed by atoms with Crippen molar-refractivity contribution in [3.05, 3.63) is 42.1 Å². The van der Waals surface area contributed by atoms with Crippen LogP contribution in [0.3, 0.4) is 0 Å². The van der Waals surface area contributed by atoms with E-state index < -0.39 is 0 Å². The summed E-state index contributed by atoms with van der Waals surface area (Å²) in [4.78, 5) is 0. The lowest BCUT2D eigenvalue weighted by molar-refractivity contribution is 0.305. The first kappa shape index (κ1) is 11.0. The van der Waals surface area contributed by atoms with Crippen molar-refractivity contribution >= 4 is 0 Å². The number of hydrogen-bond acceptors (Lipinski definition) is 2. The molecular weight excluding hydrogens is 222 g/mol. The minimum atomic E-state index is -0.297. The number of aromatic nitrogens is 2. The van der Waals surface area contributed by atoms with Gasteiger partial charge >= 0.3 is 0 Å². The van der Waals surface area contributed by atoms with Crippen LogP contribution in [0.25, 0.3) is 11.3 Å². The molecule has 1 heterocycles. The average Bonchev–Trinajstić information content (AvgIpc) is 2.73. The highest BCUT2D eigenvalue weighted by atomic mass is 15.3. The van der Waals surface area contributed by atoms with Gasteiger partial charge in [0.2, 0.25) is 0 Å². The van der Waals surface area contributed by atoms with E-state index in [1.165, 1.54) is 0 Å². The number of benzene rings is 1. The van der Waals surface area contributed by atoms with E-state index in [-0.39, 0.29) is 5.41 Å². The molecule has 0 unspecified atom stereocenters. The zero-order valence-corrected chi connectivity index (χ0v) is 10.4. The van der Waals surface area contributed by atoms with E-state index in [1.54, 1.807) is 0 Å². The lowest BCUT2D eigenvalue weighted by atomic mass is 9.67. The van der Waals surface area contributed by atoms with E-state index in [1.807, 2.05) is 42.1 Å². The van der Waals surface area contributed by atoms with Crippen molar-refractivity contribution in [1.29, 1.82) is 5.26 Å². The number of aryl methyl sites for hydroxylation is 1. The summed E-state index contributed by atoms with van der Waals surface area (Å²) >= 11 is 0. The maximum Gasteiger partial charge on any atom is 0.0990 e. The largest absolute Gasteiger partial charge is 0.270 e. The molecule has 3 heteroatoms. The minimum absolute atomic E-state index is 0.297. The fraction of sp³-hybridized carbons (Fsp3) is 0.333. The van der Waals surface area contributed by atoms with E-state index in [9.17, 15) is 5.26 Å². The quantitative estimate of drug-likeness (QED) is 0.805. The molecule has 2 aromatic rings. The molecule has 3 nitrogen and oxygen atoms in total. The van der Waals surface area contributed by atoms with Gasteiger partial charge in [0.1, 0.15) is 0 Å². The van der Waals surface area contributed by atoms with Crippen molar-refractivity contribution in [3.63, 3.8) is 0 Å². The van der Waals surface area contributed by atoms with Crippen LogP contribution < -0.4 is 0 Å². The Morgan fingerprint density at radius 1 is 1.28 bits per heavy atom. The van der Waals surface area contributed by atoms with Gasteiger partial charge in [-0.25, -0.2) is 0 Å². The molecule has 18 heavy (non-hydrogen) atoms. The highest BCUT2D eigenvalue weighted by Gasteiger charge is 2.41. The van der Waals surface area contributed by atoms with Gasteiger partial charge in [-0.05, 0) is 25.3 Å². The second-order valence-corrected chi connectivity index (χ2v) is 4.95. The lowest BCUT2D eigenvalue weighted by Crippen LogP contribution is -2.34. The molecule has 90 valence electrons. The smallest absolute Gasteiger partial charge is 0.0990 e. The number of nitrogens with zero attached hydrogens (tertiary/aromatic N) is 3. The van der Waals surface area contributed by atoms with Crippen LogP contribution in [0.15, 0.2) is 36.4 Å². The van der Waals surface area contributed by atoms with Gasteiger partial charge in [-0.2, -0.15) is 10.4 Å². The van der Waals surface area contributed by atoms with Gasteiger partial charge < -0.3 is 0 Å². The number of rotatable bonds is 2. The van der Waals surface area contributed by atoms with Crippen LogP contribution in [-0.4, -0.2) is 9.78 Å². The Bertz CT molecular complexity index is 600. The highest BCUT2D eigenvalue weighted by molar-refractivity contribution is 5.60. The van der Waals surface area contributed by atoms with Gasteiger partial charge in [0, 0.05) is 12.6 Å². The van der Waals surface area contributed by atoms with Crippen LogP contribution >= 0.6 is 0 Å². The summed E-state index contributed by atoms with van der Waals surface area (Å²) < 4.78 is 1.87. The molecule has 1 aromatic heterocycles. The Morgan fingerprint density at radius 2 is 2.00 bits per heavy atom. The Hall–Kier alpha value is -2.08. The van der Waals surface area contributed by atoms with E-state index in [0.29, 0.717) is 0 Å². The molecular formula is C15H15N3. The molecule has 1 aromatic carbocycles. The first-order valence-corrected chi connectivity index (χ1v) is 6.26. The molecule has 0 amide bonds. The molecule has 0 atom stereocenters. The van der Waals surface area contributed by atoms with Crippen LogP contribution in [-0.2, 0) is 12.5 Å². The van der Waals surface area contributed by atoms with Gasteiger partial charge in [-0.3, -0.25) is 4.68 Å². The summed E-state index contributed by atoms with van der Waals surface area (Å²) in [5, 5.41) is 13.9. The zero-order chi connectivity index (χ0) is 12.6. The van der Waals surface area contributed by atoms with Crippen molar-refractivity contribution in [3.8, 4) is 17.3 Å². The predicted molar refractivity (Wildman–Crippen MR) is 69.8 cm³/mol. The molecule has 0 radical (unpaired) electrons. The van der Waals surface area contributed by atoms with Crippen LogP contribution in [0.2, 0.25) is 0 Å². The summed E-state index contributed by atoms with van der Waals surface area (Å²) in [7, 11) is 1.93. The van der Waals surface area contributed by atoms with E-state index >= 15 is 0 Å². The molecule has 1 aliphatic carbocycles. The molecule has 0 N–H and O–H groups in total. The van der Waals surface area contributed by atoms with Crippen LogP contribution in [0.4, 0.5) is 0 Å². The van der Waals surface area contributed by atoms with Crippen molar-refractivity contribution in [1.82, 2.24) is 9.78 Å². The Morgan fingerprint density at radius 3 is 2.56 bits per heavy atom. The first-order valence-electron chi connectivity index (χ1n) is 6.26. The molecule has 1 fully saturated rings. The minimum Gasteiger partial charge on any atom is -0.270 e. The third kappa shape index (κ3) is 1.53. The van der Waals surface area contributed by atoms with Crippen LogP contribution in [0.5, 0.6) is 0 Å². The molecule has 0 saturated heterocycles. The molecule has 0 spiro atoms. The Kier molecular flexibility index (Phi) is 2.45. The van der Waals surface area contributed by atoms with Crippen molar-refractivity contribution in [2.24, 2.45) is 7.05 Å². The second kappa shape index (κ2) is 3.99. The van der Waals surface area contributed by atoms with Crippen molar-refractivity contribution in [2.45, 2.75) is 24.7 Å². The van der Waals surface area contributed by atoms with Crippen molar-refractivity contribution in [2.75, 3.05) is 0 Å². The molecule has 0 bridgehead atoms. The fourth-order valence-corrected chi connectivity index (χ4v) is 2.62. The summed E-state index contributed by atoms with van der Waals surface area (Å²) in [6.07, 6.45) is 3.05. The normalized spacial score (nSPS) is 16.9. The van der Waals surface area contributed by atoms with E-state index in [4.69, 9.17) is 0 Å². The monoisotopic (exact) mass is 237 g/mol.